The first-order valence-corrected chi connectivity index (χ1v) is 6.14. The van der Waals surface area contributed by atoms with Crippen LogP contribution in [0.1, 0.15) is 10.4 Å². The minimum atomic E-state index is -1.36. The number of carboxylic acids is 1. The lowest BCUT2D eigenvalue weighted by molar-refractivity contribution is -0.385. The maximum Gasteiger partial charge on any atom is 0.338 e. The molecule has 21 heavy (non-hydrogen) atoms. The quantitative estimate of drug-likeness (QED) is 0.416. The Hall–Kier alpha value is -2.95. The van der Waals surface area contributed by atoms with Crippen molar-refractivity contribution < 1.29 is 14.8 Å². The molecule has 5 N–H and O–H groups in total. The lowest BCUT2D eigenvalue weighted by Crippen LogP contribution is -2.04. The Balaban J connectivity index is 2.43. The van der Waals surface area contributed by atoms with Crippen molar-refractivity contribution in [2.75, 3.05) is 11.5 Å². The predicted octanol–water partition coefficient (Wildman–Crippen LogP) is 0.794. The van der Waals surface area contributed by atoms with E-state index in [0.717, 1.165) is 24.0 Å². The molecule has 0 saturated heterocycles. The molecule has 0 unspecified atom stereocenters. The SMILES string of the molecule is Nc1cc(N)nc(Sc2ncc([N+](=O)[O-])cc2C(=O)O)n1. The summed E-state index contributed by atoms with van der Waals surface area (Å²) in [4.78, 5) is 32.6. The van der Waals surface area contributed by atoms with Gasteiger partial charge in [0, 0.05) is 12.1 Å². The van der Waals surface area contributed by atoms with Crippen molar-refractivity contribution in [2.24, 2.45) is 0 Å². The van der Waals surface area contributed by atoms with Gasteiger partial charge in [0.05, 0.1) is 10.5 Å². The molecule has 0 bridgehead atoms. The highest BCUT2D eigenvalue weighted by atomic mass is 32.2. The van der Waals surface area contributed by atoms with Crippen LogP contribution >= 0.6 is 11.8 Å². The molecule has 0 spiro atoms. The number of carboxylic acid groups (broad SMARTS) is 1. The number of hydrogen-bond donors (Lipinski definition) is 3. The van der Waals surface area contributed by atoms with Gasteiger partial charge in [0.1, 0.15) is 22.9 Å². The zero-order chi connectivity index (χ0) is 15.6. The molecule has 0 atom stereocenters. The standard InChI is InChI=1S/C10H8N6O4S/c11-6-2-7(12)15-10(14-6)21-8-5(9(17)18)1-4(3-13-8)16(19)20/h1-3H,(H,17,18)(H4,11,12,14,15). The molecule has 0 saturated carbocycles. The van der Waals surface area contributed by atoms with E-state index < -0.39 is 16.6 Å². The van der Waals surface area contributed by atoms with Gasteiger partial charge in [-0.1, -0.05) is 0 Å². The second-order valence-corrected chi connectivity index (χ2v) is 4.67. The monoisotopic (exact) mass is 308 g/mol. The molecule has 0 fully saturated rings. The molecule has 2 aromatic rings. The summed E-state index contributed by atoms with van der Waals surface area (Å²) in [5.74, 6) is -1.13. The summed E-state index contributed by atoms with van der Waals surface area (Å²) in [5.41, 5.74) is 10.2. The number of aromatic nitrogens is 3. The molecular formula is C10H8N6O4S. The van der Waals surface area contributed by atoms with Gasteiger partial charge < -0.3 is 16.6 Å². The lowest BCUT2D eigenvalue weighted by atomic mass is 10.3. The van der Waals surface area contributed by atoms with Gasteiger partial charge in [0.15, 0.2) is 5.16 Å². The number of nitrogen functional groups attached to an aromatic ring is 2. The second kappa shape index (κ2) is 5.58. The van der Waals surface area contributed by atoms with Crippen LogP contribution in [-0.4, -0.2) is 31.0 Å². The van der Waals surface area contributed by atoms with Gasteiger partial charge in [-0.3, -0.25) is 10.1 Å². The van der Waals surface area contributed by atoms with Crippen molar-refractivity contribution in [3.8, 4) is 0 Å². The van der Waals surface area contributed by atoms with Gasteiger partial charge in [0.25, 0.3) is 5.69 Å². The Kier molecular flexibility index (Phi) is 3.84. The van der Waals surface area contributed by atoms with E-state index in [-0.39, 0.29) is 27.4 Å². The van der Waals surface area contributed by atoms with Crippen LogP contribution in [0.25, 0.3) is 0 Å². The summed E-state index contributed by atoms with van der Waals surface area (Å²) in [5, 5.41) is 19.8. The third-order valence-corrected chi connectivity index (χ3v) is 3.09. The van der Waals surface area contributed by atoms with E-state index in [1.54, 1.807) is 0 Å². The number of anilines is 2. The van der Waals surface area contributed by atoms with Crippen molar-refractivity contribution in [1.29, 1.82) is 0 Å². The number of hydrogen-bond acceptors (Lipinski definition) is 9. The highest BCUT2D eigenvalue weighted by Crippen LogP contribution is 2.29. The van der Waals surface area contributed by atoms with Gasteiger partial charge in [0.2, 0.25) is 0 Å². The van der Waals surface area contributed by atoms with Gasteiger partial charge >= 0.3 is 5.97 Å². The number of pyridine rings is 1. The first kappa shape index (κ1) is 14.5. The van der Waals surface area contributed by atoms with Crippen molar-refractivity contribution in [3.63, 3.8) is 0 Å². The van der Waals surface area contributed by atoms with Gasteiger partial charge in [-0.25, -0.2) is 19.7 Å². The zero-order valence-electron chi connectivity index (χ0n) is 10.3. The summed E-state index contributed by atoms with van der Waals surface area (Å²) >= 11 is 0.795. The number of nitro groups is 1. The fraction of sp³-hybridized carbons (Fsp3) is 0. The maximum absolute atomic E-state index is 11.2. The first-order chi connectivity index (χ1) is 9.86. The third kappa shape index (κ3) is 3.33. The molecule has 11 heteroatoms. The van der Waals surface area contributed by atoms with E-state index in [9.17, 15) is 14.9 Å². The van der Waals surface area contributed by atoms with E-state index in [4.69, 9.17) is 16.6 Å². The van der Waals surface area contributed by atoms with E-state index in [1.165, 1.54) is 6.07 Å². The molecule has 0 aliphatic heterocycles. The minimum absolute atomic E-state index is 0.00176. The minimum Gasteiger partial charge on any atom is -0.478 e. The third-order valence-electron chi connectivity index (χ3n) is 2.21. The Morgan fingerprint density at radius 3 is 2.43 bits per heavy atom. The molecular weight excluding hydrogens is 300 g/mol. The number of aromatic carboxylic acids is 1. The molecule has 2 heterocycles. The zero-order valence-corrected chi connectivity index (χ0v) is 11.1. The molecule has 10 nitrogen and oxygen atoms in total. The highest BCUT2D eigenvalue weighted by Gasteiger charge is 2.19. The number of nitrogens with two attached hydrogens (primary N) is 2. The van der Waals surface area contributed by atoms with Gasteiger partial charge in [-0.05, 0) is 11.8 Å². The molecule has 2 rings (SSSR count). The molecule has 0 aliphatic carbocycles. The van der Waals surface area contributed by atoms with E-state index in [1.807, 2.05) is 0 Å². The van der Waals surface area contributed by atoms with Crippen LogP contribution in [0.5, 0.6) is 0 Å². The predicted molar refractivity (Wildman–Crippen MR) is 72.8 cm³/mol. The number of rotatable bonds is 4. The van der Waals surface area contributed by atoms with Crippen LogP contribution in [0.2, 0.25) is 0 Å². The van der Waals surface area contributed by atoms with Gasteiger partial charge in [-0.15, -0.1) is 0 Å². The Morgan fingerprint density at radius 2 is 1.90 bits per heavy atom. The molecule has 0 aromatic carbocycles. The van der Waals surface area contributed by atoms with Crippen molar-refractivity contribution >= 4 is 35.1 Å². The molecule has 0 amide bonds. The second-order valence-electron chi connectivity index (χ2n) is 3.71. The van der Waals surface area contributed by atoms with Gasteiger partial charge in [-0.2, -0.15) is 0 Å². The van der Waals surface area contributed by atoms with Crippen LogP contribution in [0.15, 0.2) is 28.5 Å². The molecule has 2 aromatic heterocycles. The normalized spacial score (nSPS) is 10.3. The summed E-state index contributed by atoms with van der Waals surface area (Å²) < 4.78 is 0. The molecule has 0 aliphatic rings. The van der Waals surface area contributed by atoms with Crippen LogP contribution < -0.4 is 11.5 Å². The first-order valence-electron chi connectivity index (χ1n) is 5.32. The van der Waals surface area contributed by atoms with Crippen molar-refractivity contribution in [3.05, 3.63) is 34.0 Å². The van der Waals surface area contributed by atoms with Crippen LogP contribution in [0, 0.1) is 10.1 Å². The number of nitrogens with zero attached hydrogens (tertiary/aromatic N) is 4. The van der Waals surface area contributed by atoms with Crippen molar-refractivity contribution in [2.45, 2.75) is 10.2 Å². The molecule has 108 valence electrons. The molecule has 0 radical (unpaired) electrons. The van der Waals surface area contributed by atoms with Crippen LogP contribution in [-0.2, 0) is 0 Å². The topological polar surface area (TPSA) is 171 Å². The smallest absolute Gasteiger partial charge is 0.338 e. The summed E-state index contributed by atoms with van der Waals surface area (Å²) in [6.45, 7) is 0. The fourth-order valence-electron chi connectivity index (χ4n) is 1.37. The van der Waals surface area contributed by atoms with E-state index >= 15 is 0 Å². The fourth-order valence-corrected chi connectivity index (χ4v) is 2.21. The summed E-state index contributed by atoms with van der Waals surface area (Å²) in [7, 11) is 0. The average molecular weight is 308 g/mol. The van der Waals surface area contributed by atoms with E-state index in [0.29, 0.717) is 0 Å². The Morgan fingerprint density at radius 1 is 1.29 bits per heavy atom. The van der Waals surface area contributed by atoms with E-state index in [2.05, 4.69) is 15.0 Å². The Bertz CT molecular complexity index is 717. The van der Waals surface area contributed by atoms with Crippen molar-refractivity contribution in [1.82, 2.24) is 15.0 Å². The lowest BCUT2D eigenvalue weighted by Gasteiger charge is -2.05. The van der Waals surface area contributed by atoms with Crippen LogP contribution in [0.4, 0.5) is 17.3 Å². The average Bonchev–Trinajstić information content (AvgIpc) is 2.37. The van der Waals surface area contributed by atoms with Crippen LogP contribution in [0.3, 0.4) is 0 Å². The largest absolute Gasteiger partial charge is 0.478 e. The number of carbonyl (C=O) groups is 1. The maximum atomic E-state index is 11.2. The summed E-state index contributed by atoms with van der Waals surface area (Å²) in [6, 6.07) is 2.25. The summed E-state index contributed by atoms with van der Waals surface area (Å²) in [6.07, 6.45) is 0.949. The Labute approximate surface area is 121 Å². The highest BCUT2D eigenvalue weighted by molar-refractivity contribution is 7.99.